The predicted octanol–water partition coefficient (Wildman–Crippen LogP) is 1.10. The Kier molecular flexibility index (Phi) is 5.61. The standard InChI is InChI=1S/C14H28N2O3S/c1-5-7-14(8-6-9-15-11-14)12(17)16-10-13(2,3)20(4,18)19/h15H,5-11H2,1-4H3,(H,16,17). The molecule has 2 N–H and O–H groups in total. The van der Waals surface area contributed by atoms with E-state index in [1.165, 1.54) is 6.26 Å². The first-order valence-electron chi connectivity index (χ1n) is 7.33. The van der Waals surface area contributed by atoms with Crippen molar-refractivity contribution in [2.24, 2.45) is 5.41 Å². The second-order valence-corrected chi connectivity index (χ2v) is 9.17. The molecule has 1 atom stereocenters. The quantitative estimate of drug-likeness (QED) is 0.770. The minimum atomic E-state index is -3.19. The van der Waals surface area contributed by atoms with Gasteiger partial charge in [0.05, 0.1) is 10.2 Å². The number of piperidine rings is 1. The van der Waals surface area contributed by atoms with E-state index >= 15 is 0 Å². The third-order valence-corrected chi connectivity index (χ3v) is 6.51. The van der Waals surface area contributed by atoms with Crippen molar-refractivity contribution in [1.82, 2.24) is 10.6 Å². The smallest absolute Gasteiger partial charge is 0.227 e. The molecule has 5 nitrogen and oxygen atoms in total. The average Bonchev–Trinajstić information content (AvgIpc) is 2.36. The molecule has 1 saturated heterocycles. The van der Waals surface area contributed by atoms with Crippen LogP contribution in [0.5, 0.6) is 0 Å². The van der Waals surface area contributed by atoms with Crippen LogP contribution in [-0.2, 0) is 14.6 Å². The van der Waals surface area contributed by atoms with Crippen LogP contribution < -0.4 is 10.6 Å². The molecule has 1 aliphatic heterocycles. The normalized spacial score (nSPS) is 24.4. The van der Waals surface area contributed by atoms with E-state index in [-0.39, 0.29) is 17.9 Å². The molecule has 1 amide bonds. The maximum atomic E-state index is 12.5. The minimum absolute atomic E-state index is 0.0109. The van der Waals surface area contributed by atoms with Crippen molar-refractivity contribution in [3.63, 3.8) is 0 Å². The Hall–Kier alpha value is -0.620. The van der Waals surface area contributed by atoms with Gasteiger partial charge in [0.2, 0.25) is 5.91 Å². The highest BCUT2D eigenvalue weighted by Gasteiger charge is 2.40. The van der Waals surface area contributed by atoms with Crippen LogP contribution in [0, 0.1) is 5.41 Å². The monoisotopic (exact) mass is 304 g/mol. The van der Waals surface area contributed by atoms with Gasteiger partial charge in [-0.25, -0.2) is 8.42 Å². The van der Waals surface area contributed by atoms with Crippen molar-refractivity contribution in [3.8, 4) is 0 Å². The van der Waals surface area contributed by atoms with Crippen molar-refractivity contribution in [2.45, 2.75) is 51.2 Å². The van der Waals surface area contributed by atoms with E-state index in [4.69, 9.17) is 0 Å². The summed E-state index contributed by atoms with van der Waals surface area (Å²) in [4.78, 5) is 12.5. The Morgan fingerprint density at radius 2 is 2.05 bits per heavy atom. The lowest BCUT2D eigenvalue weighted by Gasteiger charge is -2.37. The van der Waals surface area contributed by atoms with Gasteiger partial charge in [-0.1, -0.05) is 13.3 Å². The molecule has 0 aromatic heterocycles. The van der Waals surface area contributed by atoms with Gasteiger partial charge in [0, 0.05) is 19.3 Å². The van der Waals surface area contributed by atoms with Gasteiger partial charge in [0.15, 0.2) is 9.84 Å². The largest absolute Gasteiger partial charge is 0.354 e. The Morgan fingerprint density at radius 3 is 2.50 bits per heavy atom. The number of hydrogen-bond acceptors (Lipinski definition) is 4. The van der Waals surface area contributed by atoms with Crippen LogP contribution >= 0.6 is 0 Å². The zero-order valence-electron chi connectivity index (χ0n) is 13.1. The summed E-state index contributed by atoms with van der Waals surface area (Å²) in [6, 6.07) is 0. The summed E-state index contributed by atoms with van der Waals surface area (Å²) in [5.41, 5.74) is -0.374. The third-order valence-electron chi connectivity index (χ3n) is 4.36. The van der Waals surface area contributed by atoms with E-state index in [2.05, 4.69) is 17.6 Å². The van der Waals surface area contributed by atoms with E-state index in [1.807, 2.05) is 0 Å². The minimum Gasteiger partial charge on any atom is -0.354 e. The fourth-order valence-corrected chi connectivity index (χ4v) is 2.91. The van der Waals surface area contributed by atoms with Gasteiger partial charge in [-0.15, -0.1) is 0 Å². The molecule has 20 heavy (non-hydrogen) atoms. The fourth-order valence-electron chi connectivity index (χ4n) is 2.58. The molecular formula is C14H28N2O3S. The number of carbonyl (C=O) groups is 1. The second kappa shape index (κ2) is 6.43. The van der Waals surface area contributed by atoms with E-state index in [9.17, 15) is 13.2 Å². The summed E-state index contributed by atoms with van der Waals surface area (Å²) in [6.45, 7) is 7.17. The highest BCUT2D eigenvalue weighted by atomic mass is 32.2. The first-order valence-corrected chi connectivity index (χ1v) is 9.22. The summed E-state index contributed by atoms with van der Waals surface area (Å²) in [5.74, 6) is -0.0109. The van der Waals surface area contributed by atoms with Crippen LogP contribution in [0.25, 0.3) is 0 Å². The number of amides is 1. The zero-order valence-corrected chi connectivity index (χ0v) is 13.9. The lowest BCUT2D eigenvalue weighted by Crippen LogP contribution is -2.53. The van der Waals surface area contributed by atoms with Crippen LogP contribution in [0.3, 0.4) is 0 Å². The van der Waals surface area contributed by atoms with Crippen LogP contribution in [0.15, 0.2) is 0 Å². The van der Waals surface area contributed by atoms with Crippen molar-refractivity contribution < 1.29 is 13.2 Å². The molecule has 118 valence electrons. The maximum Gasteiger partial charge on any atom is 0.227 e. The molecule has 0 spiro atoms. The topological polar surface area (TPSA) is 75.3 Å². The molecule has 0 aliphatic carbocycles. The summed E-state index contributed by atoms with van der Waals surface area (Å²) in [6.07, 6.45) is 4.86. The van der Waals surface area contributed by atoms with Crippen LogP contribution in [0.1, 0.15) is 46.5 Å². The van der Waals surface area contributed by atoms with Crippen LogP contribution in [0.2, 0.25) is 0 Å². The predicted molar refractivity (Wildman–Crippen MR) is 81.4 cm³/mol. The zero-order chi connectivity index (χ0) is 15.4. The summed E-state index contributed by atoms with van der Waals surface area (Å²) >= 11 is 0. The van der Waals surface area contributed by atoms with Gasteiger partial charge in [0.1, 0.15) is 0 Å². The summed E-state index contributed by atoms with van der Waals surface area (Å²) < 4.78 is 22.4. The molecule has 0 bridgehead atoms. The molecule has 0 saturated carbocycles. The number of sulfone groups is 1. The van der Waals surface area contributed by atoms with Gasteiger partial charge in [-0.3, -0.25) is 4.79 Å². The van der Waals surface area contributed by atoms with Crippen molar-refractivity contribution >= 4 is 15.7 Å². The Bertz CT molecular complexity index is 432. The van der Waals surface area contributed by atoms with E-state index in [0.29, 0.717) is 6.54 Å². The Labute approximate surface area is 122 Å². The molecule has 0 radical (unpaired) electrons. The first-order chi connectivity index (χ1) is 9.15. The fraction of sp³-hybridized carbons (Fsp3) is 0.929. The maximum absolute atomic E-state index is 12.5. The number of rotatable bonds is 6. The van der Waals surface area contributed by atoms with Crippen molar-refractivity contribution in [1.29, 1.82) is 0 Å². The SMILES string of the molecule is CCCC1(C(=O)NCC(C)(C)S(C)(=O)=O)CCCNC1. The molecule has 0 aromatic rings. The van der Waals surface area contributed by atoms with Gasteiger partial charge in [-0.2, -0.15) is 0 Å². The van der Waals surface area contributed by atoms with Gasteiger partial charge in [0.25, 0.3) is 0 Å². The summed E-state index contributed by atoms with van der Waals surface area (Å²) in [7, 11) is -3.19. The van der Waals surface area contributed by atoms with Crippen LogP contribution in [0.4, 0.5) is 0 Å². The second-order valence-electron chi connectivity index (χ2n) is 6.53. The number of carbonyl (C=O) groups excluding carboxylic acids is 1. The summed E-state index contributed by atoms with van der Waals surface area (Å²) in [5, 5.41) is 6.16. The molecule has 1 fully saturated rings. The number of hydrogen-bond donors (Lipinski definition) is 2. The molecule has 6 heteroatoms. The van der Waals surface area contributed by atoms with Gasteiger partial charge >= 0.3 is 0 Å². The molecule has 1 heterocycles. The third kappa shape index (κ3) is 3.95. The van der Waals surface area contributed by atoms with Crippen molar-refractivity contribution in [3.05, 3.63) is 0 Å². The average molecular weight is 304 g/mol. The lowest BCUT2D eigenvalue weighted by atomic mass is 9.76. The van der Waals surface area contributed by atoms with E-state index in [1.54, 1.807) is 13.8 Å². The molecule has 1 aliphatic rings. The van der Waals surface area contributed by atoms with Crippen molar-refractivity contribution in [2.75, 3.05) is 25.9 Å². The first kappa shape index (κ1) is 17.4. The Morgan fingerprint density at radius 1 is 1.40 bits per heavy atom. The molecule has 1 rings (SSSR count). The number of nitrogens with one attached hydrogen (secondary N) is 2. The van der Waals surface area contributed by atoms with Gasteiger partial charge < -0.3 is 10.6 Å². The molecule has 0 aromatic carbocycles. The van der Waals surface area contributed by atoms with E-state index in [0.717, 1.165) is 32.2 Å². The molecular weight excluding hydrogens is 276 g/mol. The van der Waals surface area contributed by atoms with Crippen LogP contribution in [-0.4, -0.2) is 45.0 Å². The Balaban J connectivity index is 2.73. The van der Waals surface area contributed by atoms with E-state index < -0.39 is 14.6 Å². The molecule has 1 unspecified atom stereocenters. The van der Waals surface area contributed by atoms with Gasteiger partial charge in [-0.05, 0) is 39.7 Å². The highest BCUT2D eigenvalue weighted by molar-refractivity contribution is 7.92. The highest BCUT2D eigenvalue weighted by Crippen LogP contribution is 2.32. The lowest BCUT2D eigenvalue weighted by molar-refractivity contribution is -0.132.